The molecule has 2 aromatic rings. The fourth-order valence-electron chi connectivity index (χ4n) is 2.30. The summed E-state index contributed by atoms with van der Waals surface area (Å²) in [6, 6.07) is 5.90. The number of ether oxygens (including phenoxy) is 1. The van der Waals surface area contributed by atoms with E-state index in [1.807, 2.05) is 32.2 Å². The van der Waals surface area contributed by atoms with Crippen LogP contribution in [0, 0.1) is 6.92 Å². The molecule has 0 bridgehead atoms. The fraction of sp³-hybridized carbons (Fsp3) is 0.333. The molecule has 0 atom stereocenters. The van der Waals surface area contributed by atoms with Gasteiger partial charge in [-0.1, -0.05) is 23.7 Å². The van der Waals surface area contributed by atoms with E-state index in [2.05, 4.69) is 15.3 Å². The molecule has 2 heterocycles. The van der Waals surface area contributed by atoms with Gasteiger partial charge in [-0.25, -0.2) is 9.97 Å². The van der Waals surface area contributed by atoms with Gasteiger partial charge in [0.1, 0.15) is 5.82 Å². The van der Waals surface area contributed by atoms with Gasteiger partial charge in [0.15, 0.2) is 5.82 Å². The van der Waals surface area contributed by atoms with E-state index in [1.165, 1.54) is 0 Å². The number of aromatic nitrogens is 2. The lowest BCUT2D eigenvalue weighted by Gasteiger charge is -2.19. The molecule has 0 radical (unpaired) electrons. The van der Waals surface area contributed by atoms with Crippen LogP contribution < -0.4 is 5.32 Å². The number of rotatable bonds is 2. The largest absolute Gasteiger partial charge is 0.376 e. The Balaban J connectivity index is 2.11. The van der Waals surface area contributed by atoms with Gasteiger partial charge in [0.25, 0.3) is 0 Å². The first-order valence-corrected chi connectivity index (χ1v) is 6.98. The minimum atomic E-state index is 0.570. The topological polar surface area (TPSA) is 47.0 Å². The summed E-state index contributed by atoms with van der Waals surface area (Å²) in [5, 5.41) is 3.86. The van der Waals surface area contributed by atoms with Crippen LogP contribution in [0.4, 0.5) is 5.82 Å². The number of benzene rings is 1. The Hall–Kier alpha value is -1.65. The van der Waals surface area contributed by atoms with Crippen LogP contribution in [0.1, 0.15) is 16.8 Å². The predicted octanol–water partition coefficient (Wildman–Crippen LogP) is 3.22. The highest BCUT2D eigenvalue weighted by molar-refractivity contribution is 6.31. The third-order valence-corrected chi connectivity index (χ3v) is 3.90. The smallest absolute Gasteiger partial charge is 0.161 e. The lowest BCUT2D eigenvalue weighted by Crippen LogP contribution is -2.16. The van der Waals surface area contributed by atoms with Gasteiger partial charge in [-0.2, -0.15) is 0 Å². The van der Waals surface area contributed by atoms with Crippen molar-refractivity contribution in [2.24, 2.45) is 0 Å². The van der Waals surface area contributed by atoms with Gasteiger partial charge in [-0.3, -0.25) is 0 Å². The van der Waals surface area contributed by atoms with E-state index >= 15 is 0 Å². The van der Waals surface area contributed by atoms with Crippen molar-refractivity contribution in [2.75, 3.05) is 19.0 Å². The van der Waals surface area contributed by atoms with Crippen molar-refractivity contribution in [3.05, 3.63) is 40.0 Å². The third-order valence-electron chi connectivity index (χ3n) is 3.49. The Morgan fingerprint density at radius 2 is 2.15 bits per heavy atom. The highest BCUT2D eigenvalue weighted by Gasteiger charge is 2.18. The van der Waals surface area contributed by atoms with Gasteiger partial charge in [-0.15, -0.1) is 0 Å². The molecule has 0 fully saturated rings. The van der Waals surface area contributed by atoms with Gasteiger partial charge in [0, 0.05) is 29.6 Å². The molecule has 1 N–H and O–H groups in total. The number of halogens is 1. The van der Waals surface area contributed by atoms with Crippen molar-refractivity contribution >= 4 is 17.4 Å². The summed E-state index contributed by atoms with van der Waals surface area (Å²) < 4.78 is 5.48. The summed E-state index contributed by atoms with van der Waals surface area (Å²) in [6.45, 7) is 3.26. The van der Waals surface area contributed by atoms with Crippen LogP contribution >= 0.6 is 11.6 Å². The van der Waals surface area contributed by atoms with Crippen LogP contribution in [0.5, 0.6) is 0 Å². The molecule has 1 aliphatic rings. The monoisotopic (exact) mass is 289 g/mol. The van der Waals surface area contributed by atoms with Gasteiger partial charge < -0.3 is 10.1 Å². The molecule has 104 valence electrons. The summed E-state index contributed by atoms with van der Waals surface area (Å²) in [7, 11) is 1.86. The molecule has 0 saturated heterocycles. The maximum Gasteiger partial charge on any atom is 0.161 e. The van der Waals surface area contributed by atoms with Crippen molar-refractivity contribution in [3.8, 4) is 11.4 Å². The number of hydrogen-bond donors (Lipinski definition) is 1. The molecular formula is C15H16ClN3O. The zero-order chi connectivity index (χ0) is 14.1. The number of aryl methyl sites for hydroxylation is 1. The molecule has 0 saturated carbocycles. The Morgan fingerprint density at radius 3 is 2.90 bits per heavy atom. The molecule has 3 rings (SSSR count). The zero-order valence-corrected chi connectivity index (χ0v) is 12.3. The Bertz CT molecular complexity index is 641. The molecule has 5 heteroatoms. The second-order valence-electron chi connectivity index (χ2n) is 4.84. The standard InChI is InChI=1S/C15H16ClN3O/c1-9-3-4-10(7-12(9)16)14-18-13-5-6-20-8-11(13)15(17-2)19-14/h3-4,7H,5-6,8H2,1-2H3,(H,17,18,19). The highest BCUT2D eigenvalue weighted by Crippen LogP contribution is 2.28. The van der Waals surface area contributed by atoms with Gasteiger partial charge in [0.05, 0.1) is 18.9 Å². The van der Waals surface area contributed by atoms with Crippen LogP contribution in [0.3, 0.4) is 0 Å². The number of nitrogens with one attached hydrogen (secondary N) is 1. The normalized spacial score (nSPS) is 13.9. The van der Waals surface area contributed by atoms with Crippen molar-refractivity contribution in [1.29, 1.82) is 0 Å². The van der Waals surface area contributed by atoms with Crippen LogP contribution in [-0.4, -0.2) is 23.6 Å². The molecule has 1 aliphatic heterocycles. The number of anilines is 1. The van der Waals surface area contributed by atoms with Crippen molar-refractivity contribution < 1.29 is 4.74 Å². The molecule has 0 aliphatic carbocycles. The minimum Gasteiger partial charge on any atom is -0.376 e. The lowest BCUT2D eigenvalue weighted by atomic mass is 10.1. The van der Waals surface area contributed by atoms with Crippen LogP contribution in [0.25, 0.3) is 11.4 Å². The molecule has 0 unspecified atom stereocenters. The summed E-state index contributed by atoms with van der Waals surface area (Å²) in [6.07, 6.45) is 0.819. The molecule has 4 nitrogen and oxygen atoms in total. The van der Waals surface area contributed by atoms with Gasteiger partial charge >= 0.3 is 0 Å². The van der Waals surface area contributed by atoms with Crippen LogP contribution in [0.2, 0.25) is 5.02 Å². The summed E-state index contributed by atoms with van der Waals surface area (Å²) in [5.41, 5.74) is 4.10. The summed E-state index contributed by atoms with van der Waals surface area (Å²) in [5.74, 6) is 1.54. The quantitative estimate of drug-likeness (QED) is 0.922. The van der Waals surface area contributed by atoms with E-state index < -0.39 is 0 Å². The second-order valence-corrected chi connectivity index (χ2v) is 5.24. The summed E-state index contributed by atoms with van der Waals surface area (Å²) in [4.78, 5) is 9.26. The Kier molecular flexibility index (Phi) is 3.59. The van der Waals surface area contributed by atoms with Crippen molar-refractivity contribution in [1.82, 2.24) is 9.97 Å². The minimum absolute atomic E-state index is 0.570. The van der Waals surface area contributed by atoms with Gasteiger partial charge in [0.2, 0.25) is 0 Å². The average Bonchev–Trinajstić information content (AvgIpc) is 2.49. The first-order chi connectivity index (χ1) is 9.69. The van der Waals surface area contributed by atoms with Crippen molar-refractivity contribution in [3.63, 3.8) is 0 Å². The first-order valence-electron chi connectivity index (χ1n) is 6.61. The summed E-state index contributed by atoms with van der Waals surface area (Å²) >= 11 is 6.19. The molecule has 1 aromatic heterocycles. The number of hydrogen-bond acceptors (Lipinski definition) is 4. The van der Waals surface area contributed by atoms with Gasteiger partial charge in [-0.05, 0) is 18.6 Å². The third kappa shape index (κ3) is 2.37. The van der Waals surface area contributed by atoms with E-state index in [9.17, 15) is 0 Å². The van der Waals surface area contributed by atoms with Crippen LogP contribution in [0.15, 0.2) is 18.2 Å². The van der Waals surface area contributed by atoms with E-state index in [0.717, 1.165) is 39.6 Å². The molecule has 0 spiro atoms. The Labute approximate surface area is 123 Å². The average molecular weight is 290 g/mol. The van der Waals surface area contributed by atoms with E-state index in [-0.39, 0.29) is 0 Å². The molecular weight excluding hydrogens is 274 g/mol. The van der Waals surface area contributed by atoms with E-state index in [4.69, 9.17) is 16.3 Å². The lowest BCUT2D eigenvalue weighted by molar-refractivity contribution is 0.109. The first kappa shape index (κ1) is 13.3. The zero-order valence-electron chi connectivity index (χ0n) is 11.5. The fourth-order valence-corrected chi connectivity index (χ4v) is 2.48. The number of fused-ring (bicyclic) bond motifs is 1. The van der Waals surface area contributed by atoms with Crippen LogP contribution in [-0.2, 0) is 17.8 Å². The number of nitrogens with zero attached hydrogens (tertiary/aromatic N) is 2. The maximum absolute atomic E-state index is 6.19. The highest BCUT2D eigenvalue weighted by atomic mass is 35.5. The molecule has 0 amide bonds. The molecule has 1 aromatic carbocycles. The SMILES string of the molecule is CNc1nc(-c2ccc(C)c(Cl)c2)nc2c1COCC2. The van der Waals surface area contributed by atoms with Crippen molar-refractivity contribution in [2.45, 2.75) is 20.0 Å². The Morgan fingerprint density at radius 1 is 1.30 bits per heavy atom. The second kappa shape index (κ2) is 5.38. The predicted molar refractivity (Wildman–Crippen MR) is 80.1 cm³/mol. The maximum atomic E-state index is 6.19. The van der Waals surface area contributed by atoms with E-state index in [0.29, 0.717) is 19.0 Å². The molecule has 20 heavy (non-hydrogen) atoms. The van der Waals surface area contributed by atoms with E-state index in [1.54, 1.807) is 0 Å².